The van der Waals surface area contributed by atoms with Crippen molar-refractivity contribution in [3.8, 4) is 0 Å². The van der Waals surface area contributed by atoms with E-state index in [-0.39, 0.29) is 0 Å². The van der Waals surface area contributed by atoms with Gasteiger partial charge in [0.1, 0.15) is 0 Å². The third-order valence-corrected chi connectivity index (χ3v) is 9.44. The fourth-order valence-electron chi connectivity index (χ4n) is 7.82. The van der Waals surface area contributed by atoms with Crippen molar-refractivity contribution in [2.45, 2.75) is 104 Å². The molecule has 1 aliphatic heterocycles. The van der Waals surface area contributed by atoms with E-state index in [0.29, 0.717) is 35.1 Å². The molecule has 0 aromatic rings. The summed E-state index contributed by atoms with van der Waals surface area (Å²) in [6.07, 6.45) is 12.5. The van der Waals surface area contributed by atoms with Gasteiger partial charge in [-0.2, -0.15) is 0 Å². The molecule has 3 saturated carbocycles. The molecule has 4 fully saturated rings. The topological polar surface area (TPSA) is 41.1 Å². The Morgan fingerprint density at radius 3 is 2.59 bits per heavy atom. The monoisotopic (exact) mass is 374 g/mol. The maximum Gasteiger partial charge on any atom is 0.220 e. The molecule has 1 heterocycles. The molecular formula is C24H42N2O. The number of rotatable bonds is 4. The lowest BCUT2D eigenvalue weighted by molar-refractivity contribution is -0.124. The van der Waals surface area contributed by atoms with Crippen LogP contribution in [0.3, 0.4) is 0 Å². The highest BCUT2D eigenvalue weighted by atomic mass is 16.1. The number of amides is 1. The molecule has 0 spiro atoms. The molecule has 27 heavy (non-hydrogen) atoms. The van der Waals surface area contributed by atoms with Gasteiger partial charge in [0.15, 0.2) is 0 Å². The maximum absolute atomic E-state index is 12.5. The van der Waals surface area contributed by atoms with Crippen LogP contribution in [-0.4, -0.2) is 24.5 Å². The minimum Gasteiger partial charge on any atom is -0.353 e. The number of carbonyl (C=O) groups is 1. The van der Waals surface area contributed by atoms with E-state index in [2.05, 4.69) is 38.3 Å². The van der Waals surface area contributed by atoms with Crippen molar-refractivity contribution in [1.82, 2.24) is 10.6 Å². The van der Waals surface area contributed by atoms with E-state index in [4.69, 9.17) is 0 Å². The Morgan fingerprint density at radius 2 is 1.81 bits per heavy atom. The summed E-state index contributed by atoms with van der Waals surface area (Å²) in [5, 5.41) is 7.35. The molecule has 1 amide bonds. The first-order chi connectivity index (χ1) is 12.8. The van der Waals surface area contributed by atoms with Crippen LogP contribution in [-0.2, 0) is 4.79 Å². The Bertz CT molecular complexity index is 561. The SMILES string of the molecule is CC(C)CCC(=O)NC1CC[C@H]2[C@@H]3CCC4NCCC[C@]4(C)[C@@H]3CC[C@]12C. The molecule has 7 atom stereocenters. The fraction of sp³-hybridized carbons (Fsp3) is 0.958. The molecule has 3 aliphatic carbocycles. The second-order valence-electron chi connectivity index (χ2n) is 11.2. The van der Waals surface area contributed by atoms with Gasteiger partial charge < -0.3 is 10.6 Å². The van der Waals surface area contributed by atoms with E-state index >= 15 is 0 Å². The maximum atomic E-state index is 12.5. The zero-order chi connectivity index (χ0) is 19.2. The smallest absolute Gasteiger partial charge is 0.220 e. The van der Waals surface area contributed by atoms with Gasteiger partial charge in [-0.1, -0.05) is 27.7 Å². The van der Waals surface area contributed by atoms with Gasteiger partial charge in [-0.05, 0) is 98.8 Å². The summed E-state index contributed by atoms with van der Waals surface area (Å²) in [5.74, 6) is 3.52. The highest BCUT2D eigenvalue weighted by Gasteiger charge is 2.59. The van der Waals surface area contributed by atoms with Crippen LogP contribution < -0.4 is 10.6 Å². The molecule has 3 heteroatoms. The van der Waals surface area contributed by atoms with Gasteiger partial charge in [0.2, 0.25) is 5.91 Å². The Hall–Kier alpha value is -0.570. The summed E-state index contributed by atoms with van der Waals surface area (Å²) in [4.78, 5) is 12.5. The van der Waals surface area contributed by atoms with Crippen molar-refractivity contribution in [2.24, 2.45) is 34.5 Å². The summed E-state index contributed by atoms with van der Waals surface area (Å²) >= 11 is 0. The third kappa shape index (κ3) is 3.36. The average molecular weight is 375 g/mol. The van der Waals surface area contributed by atoms with Crippen LogP contribution in [0.4, 0.5) is 0 Å². The molecule has 4 rings (SSSR count). The van der Waals surface area contributed by atoms with Crippen LogP contribution >= 0.6 is 0 Å². The summed E-state index contributed by atoms with van der Waals surface area (Å²) in [6, 6.07) is 1.17. The summed E-state index contributed by atoms with van der Waals surface area (Å²) in [5.41, 5.74) is 0.848. The number of nitrogens with one attached hydrogen (secondary N) is 2. The van der Waals surface area contributed by atoms with Crippen molar-refractivity contribution >= 4 is 5.91 Å². The number of carbonyl (C=O) groups excluding carboxylic acids is 1. The predicted molar refractivity (Wildman–Crippen MR) is 111 cm³/mol. The number of piperidine rings is 1. The van der Waals surface area contributed by atoms with E-state index < -0.39 is 0 Å². The first-order valence-corrected chi connectivity index (χ1v) is 11.9. The largest absolute Gasteiger partial charge is 0.353 e. The Labute approximate surface area is 166 Å². The molecule has 0 aromatic heterocycles. The lowest BCUT2D eigenvalue weighted by atomic mass is 9.47. The van der Waals surface area contributed by atoms with E-state index in [0.717, 1.165) is 30.2 Å². The third-order valence-electron chi connectivity index (χ3n) is 9.44. The van der Waals surface area contributed by atoms with Crippen molar-refractivity contribution in [3.05, 3.63) is 0 Å². The Kier molecular flexibility index (Phi) is 5.37. The molecule has 0 bridgehead atoms. The van der Waals surface area contributed by atoms with Gasteiger partial charge in [0.05, 0.1) is 0 Å². The first-order valence-electron chi connectivity index (χ1n) is 11.9. The normalized spacial score (nSPS) is 46.5. The second kappa shape index (κ2) is 7.35. The Balaban J connectivity index is 1.46. The van der Waals surface area contributed by atoms with Crippen molar-refractivity contribution < 1.29 is 4.79 Å². The number of fused-ring (bicyclic) bond motifs is 5. The zero-order valence-electron chi connectivity index (χ0n) is 18.2. The van der Waals surface area contributed by atoms with Gasteiger partial charge in [0, 0.05) is 18.5 Å². The minimum atomic E-state index is 0.296. The average Bonchev–Trinajstić information content (AvgIpc) is 2.96. The van der Waals surface area contributed by atoms with Crippen molar-refractivity contribution in [1.29, 1.82) is 0 Å². The molecule has 3 nitrogen and oxygen atoms in total. The molecule has 2 N–H and O–H groups in total. The second-order valence-corrected chi connectivity index (χ2v) is 11.2. The molecular weight excluding hydrogens is 332 g/mol. The molecule has 2 unspecified atom stereocenters. The molecule has 0 aromatic carbocycles. The van der Waals surface area contributed by atoms with Crippen LogP contribution in [0.15, 0.2) is 0 Å². The highest BCUT2D eigenvalue weighted by molar-refractivity contribution is 5.76. The van der Waals surface area contributed by atoms with Crippen LogP contribution in [0.25, 0.3) is 0 Å². The number of hydrogen-bond acceptors (Lipinski definition) is 2. The molecule has 1 saturated heterocycles. The summed E-state index contributed by atoms with van der Waals surface area (Å²) in [7, 11) is 0. The standard InChI is InChI=1S/C24H42N2O/c1-16(2)6-11-22(27)26-21-10-8-18-17-7-9-20-23(3,13-5-15-25-20)19(17)12-14-24(18,21)4/h16-21,25H,5-15H2,1-4H3,(H,26,27)/t17-,18-,19+,20?,21?,23+,24-/m0/s1. The van der Waals surface area contributed by atoms with Crippen LogP contribution in [0.1, 0.15) is 91.9 Å². The summed E-state index contributed by atoms with van der Waals surface area (Å²) < 4.78 is 0. The van der Waals surface area contributed by atoms with Crippen LogP contribution in [0.2, 0.25) is 0 Å². The zero-order valence-corrected chi connectivity index (χ0v) is 18.2. The minimum absolute atomic E-state index is 0.296. The molecule has 0 radical (unpaired) electrons. The Morgan fingerprint density at radius 1 is 1.04 bits per heavy atom. The van der Waals surface area contributed by atoms with Gasteiger partial charge in [-0.25, -0.2) is 0 Å². The van der Waals surface area contributed by atoms with Crippen LogP contribution in [0.5, 0.6) is 0 Å². The highest BCUT2D eigenvalue weighted by Crippen LogP contribution is 2.63. The summed E-state index contributed by atoms with van der Waals surface area (Å²) in [6.45, 7) is 10.8. The fourth-order valence-corrected chi connectivity index (χ4v) is 7.82. The van der Waals surface area contributed by atoms with E-state index in [1.54, 1.807) is 0 Å². The van der Waals surface area contributed by atoms with Crippen molar-refractivity contribution in [2.75, 3.05) is 6.54 Å². The molecule has 4 aliphatic rings. The van der Waals surface area contributed by atoms with Gasteiger partial charge >= 0.3 is 0 Å². The lowest BCUT2D eigenvalue weighted by Crippen LogP contribution is -2.60. The van der Waals surface area contributed by atoms with E-state index in [1.165, 1.54) is 57.9 Å². The van der Waals surface area contributed by atoms with Gasteiger partial charge in [-0.15, -0.1) is 0 Å². The van der Waals surface area contributed by atoms with E-state index in [1.807, 2.05) is 0 Å². The first kappa shape index (κ1) is 19.7. The van der Waals surface area contributed by atoms with Crippen molar-refractivity contribution in [3.63, 3.8) is 0 Å². The van der Waals surface area contributed by atoms with Gasteiger partial charge in [-0.3, -0.25) is 4.79 Å². The quantitative estimate of drug-likeness (QED) is 0.735. The van der Waals surface area contributed by atoms with E-state index in [9.17, 15) is 4.79 Å². The lowest BCUT2D eigenvalue weighted by Gasteiger charge is -2.60. The molecule has 154 valence electrons. The number of hydrogen-bond donors (Lipinski definition) is 2. The predicted octanol–water partition coefficient (Wildman–Crippen LogP) is 4.90. The van der Waals surface area contributed by atoms with Crippen LogP contribution in [0, 0.1) is 34.5 Å². The van der Waals surface area contributed by atoms with Gasteiger partial charge in [0.25, 0.3) is 0 Å².